The molecule has 0 N–H and O–H groups in total. The molecule has 2 rings (SSSR count). The highest BCUT2D eigenvalue weighted by Crippen LogP contribution is 2.31. The lowest BCUT2D eigenvalue weighted by Gasteiger charge is -2.35. The first-order valence-electron chi connectivity index (χ1n) is 5.49. The molecule has 0 aromatic heterocycles. The van der Waals surface area contributed by atoms with Crippen molar-refractivity contribution in [3.8, 4) is 0 Å². The van der Waals surface area contributed by atoms with Crippen molar-refractivity contribution in [2.75, 3.05) is 26.3 Å². The lowest BCUT2D eigenvalue weighted by molar-refractivity contribution is -0.0594. The summed E-state index contributed by atoms with van der Waals surface area (Å²) >= 11 is 0. The normalized spacial score (nSPS) is 27.7. The van der Waals surface area contributed by atoms with Crippen LogP contribution in [0.25, 0.3) is 0 Å². The highest BCUT2D eigenvalue weighted by atomic mass is 16.5. The summed E-state index contributed by atoms with van der Waals surface area (Å²) in [7, 11) is 0. The minimum atomic E-state index is 0.551. The van der Waals surface area contributed by atoms with Crippen molar-refractivity contribution in [2.24, 2.45) is 5.41 Å². The van der Waals surface area contributed by atoms with Crippen LogP contribution in [-0.4, -0.2) is 37.2 Å². The Morgan fingerprint density at radius 3 is 2.15 bits per heavy atom. The van der Waals surface area contributed by atoms with Crippen molar-refractivity contribution >= 4 is 0 Å². The first-order chi connectivity index (χ1) is 6.17. The van der Waals surface area contributed by atoms with E-state index in [0.29, 0.717) is 5.41 Å². The van der Waals surface area contributed by atoms with E-state index in [9.17, 15) is 0 Å². The molecule has 0 radical (unpaired) electrons. The van der Waals surface area contributed by atoms with E-state index in [0.717, 1.165) is 19.3 Å². The lowest BCUT2D eigenvalue weighted by Crippen LogP contribution is -2.48. The Hall–Kier alpha value is -0.0800. The molecule has 2 fully saturated rings. The lowest BCUT2D eigenvalue weighted by atomic mass is 9.93. The SMILES string of the molecule is CC.CC1(C)CCN(C2COC2)C1. The first-order valence-corrected chi connectivity index (χ1v) is 5.49. The van der Waals surface area contributed by atoms with Gasteiger partial charge in [-0.05, 0) is 18.4 Å². The fraction of sp³-hybridized carbons (Fsp3) is 1.00. The summed E-state index contributed by atoms with van der Waals surface area (Å²) in [5, 5.41) is 0. The van der Waals surface area contributed by atoms with E-state index in [1.165, 1.54) is 19.5 Å². The minimum Gasteiger partial charge on any atom is -0.378 e. The summed E-state index contributed by atoms with van der Waals surface area (Å²) < 4.78 is 5.17. The molecule has 13 heavy (non-hydrogen) atoms. The number of rotatable bonds is 1. The quantitative estimate of drug-likeness (QED) is 0.620. The maximum absolute atomic E-state index is 5.17. The largest absolute Gasteiger partial charge is 0.378 e. The van der Waals surface area contributed by atoms with Crippen LogP contribution < -0.4 is 0 Å². The van der Waals surface area contributed by atoms with Gasteiger partial charge in [0.05, 0.1) is 19.3 Å². The zero-order valence-electron chi connectivity index (χ0n) is 9.47. The summed E-state index contributed by atoms with van der Waals surface area (Å²) in [6.07, 6.45) is 1.35. The molecule has 0 aromatic rings. The van der Waals surface area contributed by atoms with Crippen LogP contribution in [0.4, 0.5) is 0 Å². The second kappa shape index (κ2) is 4.43. The fourth-order valence-electron chi connectivity index (χ4n) is 1.90. The van der Waals surface area contributed by atoms with E-state index in [4.69, 9.17) is 4.74 Å². The Balaban J connectivity index is 0.000000396. The Bertz CT molecular complexity index is 152. The van der Waals surface area contributed by atoms with E-state index in [1.807, 2.05) is 13.8 Å². The van der Waals surface area contributed by atoms with Crippen LogP contribution in [0, 0.1) is 5.41 Å². The van der Waals surface area contributed by atoms with Gasteiger partial charge in [0.15, 0.2) is 0 Å². The van der Waals surface area contributed by atoms with E-state index in [1.54, 1.807) is 0 Å². The van der Waals surface area contributed by atoms with E-state index >= 15 is 0 Å². The second-order valence-corrected chi connectivity index (χ2v) is 4.58. The highest BCUT2D eigenvalue weighted by molar-refractivity contribution is 4.88. The van der Waals surface area contributed by atoms with Crippen molar-refractivity contribution in [1.82, 2.24) is 4.90 Å². The molecule has 2 aliphatic heterocycles. The van der Waals surface area contributed by atoms with Crippen LogP contribution in [0.1, 0.15) is 34.1 Å². The molecule has 0 amide bonds. The summed E-state index contributed by atoms with van der Waals surface area (Å²) in [6.45, 7) is 13.2. The van der Waals surface area contributed by atoms with Gasteiger partial charge in [-0.3, -0.25) is 4.90 Å². The molecule has 0 unspecified atom stereocenters. The van der Waals surface area contributed by atoms with Crippen LogP contribution in [-0.2, 0) is 4.74 Å². The van der Waals surface area contributed by atoms with Crippen molar-refractivity contribution in [1.29, 1.82) is 0 Å². The highest BCUT2D eigenvalue weighted by Gasteiger charge is 2.35. The van der Waals surface area contributed by atoms with Gasteiger partial charge in [0.2, 0.25) is 0 Å². The molecule has 0 aliphatic carbocycles. The molecule has 0 saturated carbocycles. The third-order valence-electron chi connectivity index (χ3n) is 2.84. The van der Waals surface area contributed by atoms with Gasteiger partial charge in [0.25, 0.3) is 0 Å². The van der Waals surface area contributed by atoms with Gasteiger partial charge in [-0.2, -0.15) is 0 Å². The molecular weight excluding hydrogens is 162 g/mol. The summed E-state index contributed by atoms with van der Waals surface area (Å²) in [5.74, 6) is 0. The molecule has 2 nitrogen and oxygen atoms in total. The predicted octanol–water partition coefficient (Wildman–Crippen LogP) is 2.14. The Labute approximate surface area is 82.3 Å². The first kappa shape index (κ1) is 11.0. The van der Waals surface area contributed by atoms with Gasteiger partial charge in [0.1, 0.15) is 0 Å². The maximum Gasteiger partial charge on any atom is 0.0645 e. The monoisotopic (exact) mass is 185 g/mol. The predicted molar refractivity (Wildman–Crippen MR) is 55.9 cm³/mol. The summed E-state index contributed by atoms with van der Waals surface area (Å²) in [6, 6.07) is 0.747. The molecule has 2 heteroatoms. The smallest absolute Gasteiger partial charge is 0.0645 e. The number of nitrogens with zero attached hydrogens (tertiary/aromatic N) is 1. The fourth-order valence-corrected chi connectivity index (χ4v) is 1.90. The van der Waals surface area contributed by atoms with Gasteiger partial charge in [-0.1, -0.05) is 27.7 Å². The van der Waals surface area contributed by atoms with Crippen LogP contribution in [0.15, 0.2) is 0 Å². The third kappa shape index (κ3) is 2.68. The number of hydrogen-bond acceptors (Lipinski definition) is 2. The average Bonchev–Trinajstić information content (AvgIpc) is 2.31. The number of hydrogen-bond donors (Lipinski definition) is 0. The van der Waals surface area contributed by atoms with Crippen LogP contribution in [0.3, 0.4) is 0 Å². The Morgan fingerprint density at radius 1 is 1.23 bits per heavy atom. The topological polar surface area (TPSA) is 12.5 Å². The summed E-state index contributed by atoms with van der Waals surface area (Å²) in [5.41, 5.74) is 0.551. The minimum absolute atomic E-state index is 0.551. The standard InChI is InChI=1S/C9H17NO.C2H6/c1-9(2)3-4-10(7-9)8-5-11-6-8;1-2/h8H,3-7H2,1-2H3;1-2H3. The van der Waals surface area contributed by atoms with Gasteiger partial charge in [-0.15, -0.1) is 0 Å². The van der Waals surface area contributed by atoms with Crippen LogP contribution >= 0.6 is 0 Å². The molecule has 0 spiro atoms. The van der Waals surface area contributed by atoms with Gasteiger partial charge in [-0.25, -0.2) is 0 Å². The maximum atomic E-state index is 5.17. The van der Waals surface area contributed by atoms with Crippen molar-refractivity contribution in [3.05, 3.63) is 0 Å². The molecule has 2 saturated heterocycles. The molecule has 78 valence electrons. The second-order valence-electron chi connectivity index (χ2n) is 4.58. The van der Waals surface area contributed by atoms with Gasteiger partial charge >= 0.3 is 0 Å². The zero-order chi connectivity index (χ0) is 9.90. The van der Waals surface area contributed by atoms with Gasteiger partial charge in [0, 0.05) is 6.54 Å². The van der Waals surface area contributed by atoms with E-state index < -0.39 is 0 Å². The zero-order valence-corrected chi connectivity index (χ0v) is 9.47. The molecule has 2 aliphatic rings. The van der Waals surface area contributed by atoms with E-state index in [2.05, 4.69) is 18.7 Å². The van der Waals surface area contributed by atoms with Crippen LogP contribution in [0.5, 0.6) is 0 Å². The Morgan fingerprint density at radius 2 is 1.85 bits per heavy atom. The molecule has 0 aromatic carbocycles. The van der Waals surface area contributed by atoms with Crippen molar-refractivity contribution < 1.29 is 4.74 Å². The number of ether oxygens (including phenoxy) is 1. The molecule has 2 heterocycles. The van der Waals surface area contributed by atoms with Crippen molar-refractivity contribution in [3.63, 3.8) is 0 Å². The third-order valence-corrected chi connectivity index (χ3v) is 2.84. The molecular formula is C11H23NO. The van der Waals surface area contributed by atoms with Crippen molar-refractivity contribution in [2.45, 2.75) is 40.2 Å². The summed E-state index contributed by atoms with van der Waals surface area (Å²) in [4.78, 5) is 2.57. The van der Waals surface area contributed by atoms with Gasteiger partial charge < -0.3 is 4.74 Å². The molecule has 0 bridgehead atoms. The number of likely N-dealkylation sites (tertiary alicyclic amines) is 1. The molecule has 0 atom stereocenters. The van der Waals surface area contributed by atoms with E-state index in [-0.39, 0.29) is 0 Å². The Kier molecular flexibility index (Phi) is 3.74. The van der Waals surface area contributed by atoms with Crippen LogP contribution in [0.2, 0.25) is 0 Å². The average molecular weight is 185 g/mol.